The van der Waals surface area contributed by atoms with Gasteiger partial charge in [-0.05, 0) is 57.4 Å². The topological polar surface area (TPSA) is 85.5 Å². The van der Waals surface area contributed by atoms with Gasteiger partial charge in [-0.25, -0.2) is 0 Å². The normalized spacial score (nSPS) is 19.8. The smallest absolute Gasteiger partial charge is 0.382 e. The Hall–Kier alpha value is -3.18. The van der Waals surface area contributed by atoms with Gasteiger partial charge >= 0.3 is 6.18 Å². The highest BCUT2D eigenvalue weighted by atomic mass is 32.1. The molecule has 0 unspecified atom stereocenters. The summed E-state index contributed by atoms with van der Waals surface area (Å²) in [5, 5.41) is 12.3. The number of nitrogens with zero attached hydrogens (tertiary/aromatic N) is 1. The fourth-order valence-corrected chi connectivity index (χ4v) is 6.12. The number of nitrogens with one attached hydrogen (secondary N) is 4. The third-order valence-corrected chi connectivity index (χ3v) is 8.53. The number of amides is 2. The second kappa shape index (κ2) is 15.0. The van der Waals surface area contributed by atoms with Crippen LogP contribution in [0.4, 0.5) is 18.9 Å². The molecule has 0 spiro atoms. The van der Waals surface area contributed by atoms with Crippen molar-refractivity contribution >= 4 is 34.7 Å². The van der Waals surface area contributed by atoms with Crippen LogP contribution in [0.25, 0.3) is 0 Å². The number of carbonyl (C=O) groups excluding carboxylic acids is 2. The van der Waals surface area contributed by atoms with Crippen LogP contribution >= 0.6 is 12.2 Å². The number of thiocarbonyl (C=S) groups is 1. The Balaban J connectivity index is 1.42. The Bertz CT molecular complexity index is 1260. The van der Waals surface area contributed by atoms with Crippen LogP contribution in [-0.2, 0) is 11.0 Å². The van der Waals surface area contributed by atoms with E-state index in [4.69, 9.17) is 12.2 Å². The first-order valence-electron chi connectivity index (χ1n) is 15.2. The number of likely N-dealkylation sites (tertiary alicyclic amines) is 1. The number of benzene rings is 2. The molecule has 1 aliphatic heterocycles. The third kappa shape index (κ3) is 9.40. The van der Waals surface area contributed by atoms with Crippen molar-refractivity contribution in [1.82, 2.24) is 20.9 Å². The van der Waals surface area contributed by atoms with Gasteiger partial charge in [-0.15, -0.1) is 0 Å². The summed E-state index contributed by atoms with van der Waals surface area (Å²) in [5.74, 6) is -1.15. The molecule has 7 nitrogen and oxygen atoms in total. The summed E-state index contributed by atoms with van der Waals surface area (Å²) in [5.41, 5.74) is 1.34. The summed E-state index contributed by atoms with van der Waals surface area (Å²) in [6, 6.07) is 10.8. The van der Waals surface area contributed by atoms with Gasteiger partial charge in [0, 0.05) is 36.4 Å². The van der Waals surface area contributed by atoms with Crippen LogP contribution in [0.2, 0.25) is 0 Å². The summed E-state index contributed by atoms with van der Waals surface area (Å²) >= 11 is 5.66. The summed E-state index contributed by atoms with van der Waals surface area (Å²) in [7, 11) is 0. The monoisotopic (exact) mass is 617 g/mol. The van der Waals surface area contributed by atoms with Crippen LogP contribution in [0.1, 0.15) is 78.9 Å². The number of halogens is 3. The van der Waals surface area contributed by atoms with Gasteiger partial charge in [0.1, 0.15) is 4.99 Å². The van der Waals surface area contributed by atoms with Crippen molar-refractivity contribution in [1.29, 1.82) is 0 Å². The van der Waals surface area contributed by atoms with Gasteiger partial charge < -0.3 is 26.2 Å². The highest BCUT2D eigenvalue weighted by molar-refractivity contribution is 7.80. The van der Waals surface area contributed by atoms with E-state index >= 15 is 0 Å². The number of carbonyl (C=O) groups is 2. The van der Waals surface area contributed by atoms with Crippen molar-refractivity contribution in [3.63, 3.8) is 0 Å². The molecule has 0 radical (unpaired) electrons. The zero-order chi connectivity index (χ0) is 31.0. The Kier molecular flexibility index (Phi) is 11.4. The van der Waals surface area contributed by atoms with E-state index < -0.39 is 23.6 Å². The van der Waals surface area contributed by atoms with Crippen molar-refractivity contribution in [2.75, 3.05) is 31.5 Å². The van der Waals surface area contributed by atoms with E-state index in [1.54, 1.807) is 0 Å². The lowest BCUT2D eigenvalue weighted by molar-refractivity contribution is -0.137. The van der Waals surface area contributed by atoms with E-state index in [9.17, 15) is 22.8 Å². The molecule has 1 saturated heterocycles. The lowest BCUT2D eigenvalue weighted by atomic mass is 9.95. The average Bonchev–Trinajstić information content (AvgIpc) is 2.98. The van der Waals surface area contributed by atoms with E-state index in [-0.39, 0.29) is 30.2 Å². The van der Waals surface area contributed by atoms with Crippen LogP contribution in [0.3, 0.4) is 0 Å². The lowest BCUT2D eigenvalue weighted by Gasteiger charge is -2.39. The second-order valence-electron chi connectivity index (χ2n) is 11.6. The largest absolute Gasteiger partial charge is 0.416 e. The molecular formula is C32H42F3N5O2S. The molecule has 1 aliphatic carbocycles. The molecule has 2 aromatic carbocycles. The number of piperidine rings is 1. The predicted octanol–water partition coefficient (Wildman–Crippen LogP) is 5.42. The number of hydrogen-bond acceptors (Lipinski definition) is 5. The maximum absolute atomic E-state index is 13.5. The average molecular weight is 618 g/mol. The van der Waals surface area contributed by atoms with Crippen molar-refractivity contribution in [2.45, 2.75) is 83.1 Å². The Morgan fingerprint density at radius 3 is 2.37 bits per heavy atom. The number of alkyl halides is 3. The quantitative estimate of drug-likeness (QED) is 0.267. The van der Waals surface area contributed by atoms with E-state index in [0.29, 0.717) is 17.2 Å². The molecule has 43 heavy (non-hydrogen) atoms. The fraction of sp³-hybridized carbons (Fsp3) is 0.531. The van der Waals surface area contributed by atoms with Crippen LogP contribution in [0.15, 0.2) is 42.5 Å². The molecular weight excluding hydrogens is 575 g/mol. The number of aryl methyl sites for hydroxylation is 1. The molecule has 1 heterocycles. The van der Waals surface area contributed by atoms with Gasteiger partial charge in [0.25, 0.3) is 5.91 Å². The van der Waals surface area contributed by atoms with Gasteiger partial charge in [0.15, 0.2) is 0 Å². The first kappa shape index (κ1) is 32.7. The predicted molar refractivity (Wildman–Crippen MR) is 167 cm³/mol. The molecule has 2 aromatic rings. The van der Waals surface area contributed by atoms with E-state index in [1.807, 2.05) is 31.2 Å². The van der Waals surface area contributed by atoms with E-state index in [0.717, 1.165) is 81.3 Å². The molecule has 2 fully saturated rings. The van der Waals surface area contributed by atoms with Crippen LogP contribution in [-0.4, -0.2) is 66.0 Å². The maximum atomic E-state index is 13.5. The number of rotatable bonds is 10. The molecule has 234 valence electrons. The molecule has 2 aliphatic rings. The van der Waals surface area contributed by atoms with Crippen molar-refractivity contribution in [3.05, 3.63) is 64.7 Å². The molecule has 1 saturated carbocycles. The third-order valence-electron chi connectivity index (χ3n) is 8.18. The Labute approximate surface area is 257 Å². The van der Waals surface area contributed by atoms with Crippen LogP contribution < -0.4 is 21.3 Å². The highest BCUT2D eigenvalue weighted by Gasteiger charge is 2.33. The summed E-state index contributed by atoms with van der Waals surface area (Å²) in [6.07, 6.45) is 2.12. The van der Waals surface area contributed by atoms with Gasteiger partial charge in [0.05, 0.1) is 23.7 Å². The SMILES string of the molecule is CCCN1CC[C@H](NC(=S)c2ccc(C)cc2)[C@H](NC(=O)CNC(=O)c2cc(C(F)(F)F)ccc2NC2CCCCC2)C1. The van der Waals surface area contributed by atoms with Gasteiger partial charge in [-0.1, -0.05) is 68.2 Å². The van der Waals surface area contributed by atoms with Crippen molar-refractivity contribution in [3.8, 4) is 0 Å². The molecule has 4 rings (SSSR count). The van der Waals surface area contributed by atoms with Crippen LogP contribution in [0, 0.1) is 6.92 Å². The minimum atomic E-state index is -4.59. The van der Waals surface area contributed by atoms with Gasteiger partial charge in [0.2, 0.25) is 5.91 Å². The van der Waals surface area contributed by atoms with Crippen molar-refractivity contribution < 1.29 is 22.8 Å². The molecule has 2 atom stereocenters. The maximum Gasteiger partial charge on any atom is 0.416 e. The molecule has 0 aromatic heterocycles. The fourth-order valence-electron chi connectivity index (χ4n) is 5.83. The Morgan fingerprint density at radius 2 is 1.70 bits per heavy atom. The van der Waals surface area contributed by atoms with E-state index in [2.05, 4.69) is 33.1 Å². The molecule has 11 heteroatoms. The lowest BCUT2D eigenvalue weighted by Crippen LogP contribution is -2.61. The first-order valence-corrected chi connectivity index (χ1v) is 15.6. The van der Waals surface area contributed by atoms with Crippen LogP contribution in [0.5, 0.6) is 0 Å². The van der Waals surface area contributed by atoms with Crippen molar-refractivity contribution in [2.24, 2.45) is 0 Å². The summed E-state index contributed by atoms with van der Waals surface area (Å²) < 4.78 is 40.5. The van der Waals surface area contributed by atoms with E-state index in [1.165, 1.54) is 6.07 Å². The number of hydrogen-bond donors (Lipinski definition) is 4. The highest BCUT2D eigenvalue weighted by Crippen LogP contribution is 2.33. The minimum Gasteiger partial charge on any atom is -0.382 e. The molecule has 0 bridgehead atoms. The first-order chi connectivity index (χ1) is 20.5. The molecule has 4 N–H and O–H groups in total. The summed E-state index contributed by atoms with van der Waals surface area (Å²) in [6.45, 7) is 6.12. The Morgan fingerprint density at radius 1 is 0.977 bits per heavy atom. The zero-order valence-corrected chi connectivity index (χ0v) is 25.7. The molecule has 2 amide bonds. The minimum absolute atomic E-state index is 0.0909. The van der Waals surface area contributed by atoms with Gasteiger partial charge in [-0.3, -0.25) is 9.59 Å². The van der Waals surface area contributed by atoms with Gasteiger partial charge in [-0.2, -0.15) is 13.2 Å². The number of anilines is 1. The second-order valence-corrected chi connectivity index (χ2v) is 12.0. The standard InChI is InChI=1S/C32H42F3N5O2S/c1-3-16-40-17-15-27(39-31(43)22-11-9-21(2)10-12-22)28(20-40)38-29(41)19-36-30(42)25-18-23(32(33,34)35)13-14-26(25)37-24-7-5-4-6-8-24/h9-14,18,24,27-28,37H,3-8,15-17,19-20H2,1-2H3,(H,36,42)(H,38,41)(H,39,43)/t27-,28+/m0/s1. The summed E-state index contributed by atoms with van der Waals surface area (Å²) in [4.78, 5) is 29.1. The zero-order valence-electron chi connectivity index (χ0n) is 24.9.